The molecule has 2 heteroatoms. The van der Waals surface area contributed by atoms with Gasteiger partial charge in [0.2, 0.25) is 0 Å². The topological polar surface area (TPSA) is 32.3 Å². The van der Waals surface area contributed by atoms with Crippen LogP contribution in [0.25, 0.3) is 0 Å². The number of aliphatic hydroxyl groups is 1. The predicted molar refractivity (Wildman–Crippen MR) is 59.3 cm³/mol. The first kappa shape index (κ1) is 11.2. The second kappa shape index (κ2) is 5.13. The molecule has 2 atom stereocenters. The van der Waals surface area contributed by atoms with Crippen molar-refractivity contribution in [1.29, 1.82) is 0 Å². The molecule has 1 rings (SSSR count). The molecular weight excluding hydrogens is 174 g/mol. The smallest absolute Gasteiger partial charge is 0.0636 e. The summed E-state index contributed by atoms with van der Waals surface area (Å²) in [6.45, 7) is 6.65. The highest BCUT2D eigenvalue weighted by Gasteiger charge is 2.07. The van der Waals surface area contributed by atoms with Gasteiger partial charge in [0.1, 0.15) is 0 Å². The van der Waals surface area contributed by atoms with Gasteiger partial charge in [-0.3, -0.25) is 0 Å². The first-order valence-corrected chi connectivity index (χ1v) is 5.08. The van der Waals surface area contributed by atoms with Gasteiger partial charge in [0.05, 0.1) is 6.10 Å². The van der Waals surface area contributed by atoms with Crippen molar-refractivity contribution in [3.05, 3.63) is 35.4 Å². The van der Waals surface area contributed by atoms with Crippen molar-refractivity contribution < 1.29 is 5.11 Å². The molecule has 2 nitrogen and oxygen atoms in total. The molecule has 78 valence electrons. The third-order valence-corrected chi connectivity index (χ3v) is 2.37. The van der Waals surface area contributed by atoms with Gasteiger partial charge in [-0.15, -0.1) is 0 Å². The van der Waals surface area contributed by atoms with E-state index in [0.717, 1.165) is 0 Å². The Labute approximate surface area is 86.0 Å². The van der Waals surface area contributed by atoms with E-state index in [1.165, 1.54) is 11.1 Å². The summed E-state index contributed by atoms with van der Waals surface area (Å²) >= 11 is 0. The molecule has 0 aliphatic carbocycles. The highest BCUT2D eigenvalue weighted by atomic mass is 16.3. The third kappa shape index (κ3) is 3.13. The van der Waals surface area contributed by atoms with Crippen LogP contribution in [0.5, 0.6) is 0 Å². The van der Waals surface area contributed by atoms with Crippen LogP contribution in [0.3, 0.4) is 0 Å². The highest BCUT2D eigenvalue weighted by Crippen LogP contribution is 2.16. The van der Waals surface area contributed by atoms with Crippen molar-refractivity contribution in [1.82, 2.24) is 5.32 Å². The van der Waals surface area contributed by atoms with Crippen LogP contribution in [0.4, 0.5) is 0 Å². The predicted octanol–water partition coefficient (Wildman–Crippen LogP) is 2.03. The molecule has 1 aromatic rings. The number of aryl methyl sites for hydroxylation is 1. The van der Waals surface area contributed by atoms with E-state index in [1.54, 1.807) is 6.92 Å². The molecule has 0 spiro atoms. The van der Waals surface area contributed by atoms with E-state index >= 15 is 0 Å². The lowest BCUT2D eigenvalue weighted by Crippen LogP contribution is -2.27. The lowest BCUT2D eigenvalue weighted by Gasteiger charge is -2.17. The SMILES string of the molecule is Cc1ccccc1C(C)NC[C@@H](C)O. The van der Waals surface area contributed by atoms with E-state index in [4.69, 9.17) is 5.11 Å². The molecule has 14 heavy (non-hydrogen) atoms. The molecule has 2 N–H and O–H groups in total. The maximum Gasteiger partial charge on any atom is 0.0636 e. The monoisotopic (exact) mass is 193 g/mol. The molecule has 0 heterocycles. The van der Waals surface area contributed by atoms with Gasteiger partial charge >= 0.3 is 0 Å². The lowest BCUT2D eigenvalue weighted by molar-refractivity contribution is 0.187. The van der Waals surface area contributed by atoms with Gasteiger partial charge in [-0.05, 0) is 31.9 Å². The second-order valence-electron chi connectivity index (χ2n) is 3.84. The zero-order valence-corrected chi connectivity index (χ0v) is 9.12. The standard InChI is InChI=1S/C12H19NO/c1-9-6-4-5-7-12(9)11(3)13-8-10(2)14/h4-7,10-11,13-14H,8H2,1-3H3/t10-,11?/m1/s1. The van der Waals surface area contributed by atoms with Gasteiger partial charge < -0.3 is 10.4 Å². The van der Waals surface area contributed by atoms with Crippen LogP contribution >= 0.6 is 0 Å². The van der Waals surface area contributed by atoms with Gasteiger partial charge in [0.25, 0.3) is 0 Å². The minimum atomic E-state index is -0.290. The van der Waals surface area contributed by atoms with E-state index in [9.17, 15) is 0 Å². The molecule has 0 fully saturated rings. The summed E-state index contributed by atoms with van der Waals surface area (Å²) in [5.41, 5.74) is 2.59. The second-order valence-corrected chi connectivity index (χ2v) is 3.84. The normalized spacial score (nSPS) is 15.1. The molecule has 0 bridgehead atoms. The Morgan fingerprint density at radius 3 is 2.50 bits per heavy atom. The van der Waals surface area contributed by atoms with Crippen molar-refractivity contribution in [2.24, 2.45) is 0 Å². The number of hydrogen-bond donors (Lipinski definition) is 2. The van der Waals surface area contributed by atoms with Crippen LogP contribution in [0.15, 0.2) is 24.3 Å². The first-order valence-electron chi connectivity index (χ1n) is 5.08. The summed E-state index contributed by atoms with van der Waals surface area (Å²) in [4.78, 5) is 0. The average Bonchev–Trinajstić information content (AvgIpc) is 2.15. The van der Waals surface area contributed by atoms with Crippen LogP contribution in [-0.4, -0.2) is 17.8 Å². The molecule has 0 aromatic heterocycles. The molecule has 0 aliphatic rings. The Morgan fingerprint density at radius 2 is 1.93 bits per heavy atom. The zero-order chi connectivity index (χ0) is 10.6. The molecule has 1 unspecified atom stereocenters. The van der Waals surface area contributed by atoms with Gasteiger partial charge in [-0.1, -0.05) is 24.3 Å². The summed E-state index contributed by atoms with van der Waals surface area (Å²) in [5.74, 6) is 0. The Kier molecular flexibility index (Phi) is 4.11. The van der Waals surface area contributed by atoms with Gasteiger partial charge in [-0.2, -0.15) is 0 Å². The quantitative estimate of drug-likeness (QED) is 0.767. The molecule has 0 saturated heterocycles. The van der Waals surface area contributed by atoms with E-state index in [0.29, 0.717) is 12.6 Å². The van der Waals surface area contributed by atoms with Gasteiger partial charge in [0, 0.05) is 12.6 Å². The molecule has 0 amide bonds. The van der Waals surface area contributed by atoms with E-state index in [2.05, 4.69) is 31.3 Å². The molecular formula is C12H19NO. The Hall–Kier alpha value is -0.860. The number of rotatable bonds is 4. The Balaban J connectivity index is 2.60. The summed E-state index contributed by atoms with van der Waals surface area (Å²) in [5, 5.41) is 12.4. The summed E-state index contributed by atoms with van der Waals surface area (Å²) in [6.07, 6.45) is -0.290. The van der Waals surface area contributed by atoms with E-state index in [-0.39, 0.29) is 6.10 Å². The maximum atomic E-state index is 9.15. The molecule has 1 aromatic carbocycles. The van der Waals surface area contributed by atoms with Crippen LogP contribution in [0, 0.1) is 6.92 Å². The van der Waals surface area contributed by atoms with E-state index < -0.39 is 0 Å². The fourth-order valence-corrected chi connectivity index (χ4v) is 1.53. The third-order valence-electron chi connectivity index (χ3n) is 2.37. The first-order chi connectivity index (χ1) is 6.61. The fourth-order valence-electron chi connectivity index (χ4n) is 1.53. The summed E-state index contributed by atoms with van der Waals surface area (Å²) < 4.78 is 0. The number of aliphatic hydroxyl groups excluding tert-OH is 1. The average molecular weight is 193 g/mol. The van der Waals surface area contributed by atoms with Crippen molar-refractivity contribution in [3.63, 3.8) is 0 Å². The van der Waals surface area contributed by atoms with E-state index in [1.807, 2.05) is 12.1 Å². The number of benzene rings is 1. The zero-order valence-electron chi connectivity index (χ0n) is 9.12. The highest BCUT2D eigenvalue weighted by molar-refractivity contribution is 5.28. The minimum Gasteiger partial charge on any atom is -0.392 e. The van der Waals surface area contributed by atoms with Crippen molar-refractivity contribution >= 4 is 0 Å². The Morgan fingerprint density at radius 1 is 1.29 bits per heavy atom. The molecule has 0 radical (unpaired) electrons. The summed E-state index contributed by atoms with van der Waals surface area (Å²) in [6, 6.07) is 8.61. The van der Waals surface area contributed by atoms with Crippen LogP contribution in [-0.2, 0) is 0 Å². The summed E-state index contributed by atoms with van der Waals surface area (Å²) in [7, 11) is 0. The van der Waals surface area contributed by atoms with Crippen molar-refractivity contribution in [2.45, 2.75) is 32.9 Å². The minimum absolute atomic E-state index is 0.290. The lowest BCUT2D eigenvalue weighted by atomic mass is 10.0. The van der Waals surface area contributed by atoms with Crippen molar-refractivity contribution in [2.75, 3.05) is 6.54 Å². The number of nitrogens with one attached hydrogen (secondary N) is 1. The van der Waals surface area contributed by atoms with Gasteiger partial charge in [0.15, 0.2) is 0 Å². The van der Waals surface area contributed by atoms with Crippen molar-refractivity contribution in [3.8, 4) is 0 Å². The number of hydrogen-bond acceptors (Lipinski definition) is 2. The molecule has 0 aliphatic heterocycles. The largest absolute Gasteiger partial charge is 0.392 e. The van der Waals surface area contributed by atoms with Crippen LogP contribution in [0.1, 0.15) is 31.0 Å². The fraction of sp³-hybridized carbons (Fsp3) is 0.500. The van der Waals surface area contributed by atoms with Crippen LogP contribution in [0.2, 0.25) is 0 Å². The maximum absolute atomic E-state index is 9.15. The Bertz CT molecular complexity index is 283. The molecule has 0 saturated carbocycles. The van der Waals surface area contributed by atoms with Gasteiger partial charge in [-0.25, -0.2) is 0 Å². The van der Waals surface area contributed by atoms with Crippen LogP contribution < -0.4 is 5.32 Å².